The molecule has 0 bridgehead atoms. The highest BCUT2D eigenvalue weighted by Crippen LogP contribution is 2.29. The number of hydrogen-bond donors (Lipinski definition) is 0. The number of hydrogen-bond acceptors (Lipinski definition) is 1. The van der Waals surface area contributed by atoms with Crippen LogP contribution in [0.1, 0.15) is 31.7 Å². The lowest BCUT2D eigenvalue weighted by Gasteiger charge is -2.10. The minimum absolute atomic E-state index is 0.793. The van der Waals surface area contributed by atoms with Gasteiger partial charge in [-0.25, -0.2) is 0 Å². The van der Waals surface area contributed by atoms with Crippen molar-refractivity contribution >= 4 is 0 Å². The second-order valence-electron chi connectivity index (χ2n) is 4.43. The van der Waals surface area contributed by atoms with Gasteiger partial charge in [0, 0.05) is 6.42 Å². The van der Waals surface area contributed by atoms with Crippen LogP contribution in [0, 0.1) is 5.92 Å². The third kappa shape index (κ3) is 3.13. The van der Waals surface area contributed by atoms with E-state index < -0.39 is 0 Å². The molecule has 0 aliphatic heterocycles. The van der Waals surface area contributed by atoms with E-state index in [1.807, 2.05) is 0 Å². The monoisotopic (exact) mass is 216 g/mol. The summed E-state index contributed by atoms with van der Waals surface area (Å²) in [7, 11) is 0. The predicted molar refractivity (Wildman–Crippen MR) is 67.2 cm³/mol. The largest absolute Gasteiger partial charge is 0.499 e. The Hall–Kier alpha value is -1.24. The Labute approximate surface area is 98.1 Å². The van der Waals surface area contributed by atoms with Crippen LogP contribution < -0.4 is 0 Å². The summed E-state index contributed by atoms with van der Waals surface area (Å²) >= 11 is 0. The van der Waals surface area contributed by atoms with E-state index in [2.05, 4.69) is 43.3 Å². The van der Waals surface area contributed by atoms with E-state index in [1.165, 1.54) is 30.6 Å². The maximum Gasteiger partial charge on any atom is 0.0922 e. The van der Waals surface area contributed by atoms with Crippen LogP contribution in [0.15, 0.2) is 42.2 Å². The van der Waals surface area contributed by atoms with Crippen molar-refractivity contribution in [3.05, 3.63) is 47.7 Å². The summed E-state index contributed by atoms with van der Waals surface area (Å²) in [5.41, 5.74) is 1.45. The molecule has 0 saturated heterocycles. The van der Waals surface area contributed by atoms with E-state index in [4.69, 9.17) is 4.74 Å². The summed E-state index contributed by atoms with van der Waals surface area (Å²) in [5.74, 6) is 2.00. The summed E-state index contributed by atoms with van der Waals surface area (Å²) in [6, 6.07) is 10.7. The molecule has 1 aromatic rings. The van der Waals surface area contributed by atoms with Crippen molar-refractivity contribution in [2.24, 2.45) is 5.92 Å². The first-order valence-corrected chi connectivity index (χ1v) is 6.24. The number of allylic oxidation sites excluding steroid dienone is 2. The molecular weight excluding hydrogens is 196 g/mol. The molecule has 0 spiro atoms. The van der Waals surface area contributed by atoms with Crippen molar-refractivity contribution in [3.8, 4) is 0 Å². The molecule has 1 aliphatic rings. The van der Waals surface area contributed by atoms with Gasteiger partial charge in [-0.15, -0.1) is 0 Å². The Balaban J connectivity index is 1.73. The van der Waals surface area contributed by atoms with Crippen molar-refractivity contribution in [2.75, 3.05) is 6.61 Å². The molecule has 0 fully saturated rings. The Morgan fingerprint density at radius 1 is 1.25 bits per heavy atom. The highest BCUT2D eigenvalue weighted by Gasteiger charge is 2.17. The fraction of sp³-hybridized carbons (Fsp3) is 0.467. The molecule has 1 heteroatoms. The van der Waals surface area contributed by atoms with E-state index in [1.54, 1.807) is 0 Å². The molecule has 86 valence electrons. The molecule has 1 unspecified atom stereocenters. The second-order valence-corrected chi connectivity index (χ2v) is 4.43. The van der Waals surface area contributed by atoms with Crippen LogP contribution in [-0.4, -0.2) is 6.61 Å². The normalized spacial score (nSPS) is 19.6. The SMILES string of the molecule is CCOC1=CCC(CCc2ccccc2)C1. The fourth-order valence-corrected chi connectivity index (χ4v) is 2.29. The van der Waals surface area contributed by atoms with Gasteiger partial charge in [0.05, 0.1) is 12.4 Å². The van der Waals surface area contributed by atoms with Gasteiger partial charge in [-0.05, 0) is 43.7 Å². The number of rotatable bonds is 5. The van der Waals surface area contributed by atoms with Crippen molar-refractivity contribution in [1.29, 1.82) is 0 Å². The molecule has 0 N–H and O–H groups in total. The van der Waals surface area contributed by atoms with Crippen LogP contribution in [0.2, 0.25) is 0 Å². The van der Waals surface area contributed by atoms with Crippen LogP contribution >= 0.6 is 0 Å². The van der Waals surface area contributed by atoms with Gasteiger partial charge in [-0.3, -0.25) is 0 Å². The lowest BCUT2D eigenvalue weighted by atomic mass is 9.97. The Morgan fingerprint density at radius 2 is 2.06 bits per heavy atom. The maximum absolute atomic E-state index is 5.55. The van der Waals surface area contributed by atoms with Gasteiger partial charge in [0.2, 0.25) is 0 Å². The molecule has 0 saturated carbocycles. The smallest absolute Gasteiger partial charge is 0.0922 e. The molecule has 1 aliphatic carbocycles. The van der Waals surface area contributed by atoms with Crippen molar-refractivity contribution in [2.45, 2.75) is 32.6 Å². The Morgan fingerprint density at radius 3 is 2.81 bits per heavy atom. The van der Waals surface area contributed by atoms with Gasteiger partial charge in [0.15, 0.2) is 0 Å². The minimum atomic E-state index is 0.793. The van der Waals surface area contributed by atoms with Crippen molar-refractivity contribution in [1.82, 2.24) is 0 Å². The average Bonchev–Trinajstić information content (AvgIpc) is 2.76. The molecule has 0 amide bonds. The first kappa shape index (κ1) is 11.3. The number of ether oxygens (including phenoxy) is 1. The van der Waals surface area contributed by atoms with Gasteiger partial charge in [0.25, 0.3) is 0 Å². The second kappa shape index (κ2) is 5.74. The number of benzene rings is 1. The molecule has 0 radical (unpaired) electrons. The molecular formula is C15H20O. The van der Waals surface area contributed by atoms with Crippen LogP contribution in [0.5, 0.6) is 0 Å². The lowest BCUT2D eigenvalue weighted by Crippen LogP contribution is -1.99. The standard InChI is InChI=1S/C15H20O/c1-2-16-15-11-10-14(12-15)9-8-13-6-4-3-5-7-13/h3-7,11,14H,2,8-10,12H2,1H3. The first-order chi connectivity index (χ1) is 7.88. The Kier molecular flexibility index (Phi) is 4.03. The zero-order valence-electron chi connectivity index (χ0n) is 9.99. The zero-order chi connectivity index (χ0) is 11.2. The predicted octanol–water partition coefficient (Wildman–Crippen LogP) is 3.95. The summed E-state index contributed by atoms with van der Waals surface area (Å²) in [6.45, 7) is 2.86. The summed E-state index contributed by atoms with van der Waals surface area (Å²) in [6.07, 6.45) is 7.07. The van der Waals surface area contributed by atoms with E-state index in [0.29, 0.717) is 0 Å². The van der Waals surface area contributed by atoms with Crippen molar-refractivity contribution in [3.63, 3.8) is 0 Å². The van der Waals surface area contributed by atoms with Gasteiger partial charge >= 0.3 is 0 Å². The summed E-state index contributed by atoms with van der Waals surface area (Å²) in [5, 5.41) is 0. The summed E-state index contributed by atoms with van der Waals surface area (Å²) in [4.78, 5) is 0. The van der Waals surface area contributed by atoms with Gasteiger partial charge in [0.1, 0.15) is 0 Å². The molecule has 2 rings (SSSR count). The van der Waals surface area contributed by atoms with Crippen LogP contribution in [0.3, 0.4) is 0 Å². The lowest BCUT2D eigenvalue weighted by molar-refractivity contribution is 0.215. The highest BCUT2D eigenvalue weighted by molar-refractivity contribution is 5.15. The maximum atomic E-state index is 5.55. The van der Waals surface area contributed by atoms with E-state index in [9.17, 15) is 0 Å². The quantitative estimate of drug-likeness (QED) is 0.724. The first-order valence-electron chi connectivity index (χ1n) is 6.24. The van der Waals surface area contributed by atoms with Gasteiger partial charge in [-0.1, -0.05) is 30.3 Å². The van der Waals surface area contributed by atoms with Crippen LogP contribution in [-0.2, 0) is 11.2 Å². The third-order valence-corrected chi connectivity index (χ3v) is 3.18. The van der Waals surface area contributed by atoms with Crippen LogP contribution in [0.25, 0.3) is 0 Å². The molecule has 0 aromatic heterocycles. The van der Waals surface area contributed by atoms with Crippen molar-refractivity contribution < 1.29 is 4.74 Å². The average molecular weight is 216 g/mol. The molecule has 16 heavy (non-hydrogen) atoms. The fourth-order valence-electron chi connectivity index (χ4n) is 2.29. The molecule has 0 heterocycles. The van der Waals surface area contributed by atoms with E-state index in [0.717, 1.165) is 18.9 Å². The highest BCUT2D eigenvalue weighted by atomic mass is 16.5. The molecule has 1 aromatic carbocycles. The third-order valence-electron chi connectivity index (χ3n) is 3.18. The van der Waals surface area contributed by atoms with E-state index >= 15 is 0 Å². The molecule has 1 nitrogen and oxygen atoms in total. The molecule has 1 atom stereocenters. The topological polar surface area (TPSA) is 9.23 Å². The zero-order valence-corrected chi connectivity index (χ0v) is 9.99. The van der Waals surface area contributed by atoms with Crippen LogP contribution in [0.4, 0.5) is 0 Å². The van der Waals surface area contributed by atoms with E-state index in [-0.39, 0.29) is 0 Å². The Bertz CT molecular complexity index is 340. The summed E-state index contributed by atoms with van der Waals surface area (Å²) < 4.78 is 5.55. The van der Waals surface area contributed by atoms with Gasteiger partial charge in [-0.2, -0.15) is 0 Å². The minimum Gasteiger partial charge on any atom is -0.499 e. The van der Waals surface area contributed by atoms with Gasteiger partial charge < -0.3 is 4.74 Å². The number of aryl methyl sites for hydroxylation is 1.